The molecule has 0 unspecified atom stereocenters. The van der Waals surface area contributed by atoms with Crippen molar-refractivity contribution in [1.29, 1.82) is 0 Å². The molecule has 0 aromatic carbocycles. The minimum absolute atomic E-state index is 0.0818. The highest BCUT2D eigenvalue weighted by Crippen LogP contribution is 2.31. The minimum atomic E-state index is -2.88. The van der Waals surface area contributed by atoms with Gasteiger partial charge in [-0.2, -0.15) is 0 Å². The number of hydrogen-bond acceptors (Lipinski definition) is 5. The molecule has 1 saturated heterocycles. The molecule has 2 aromatic heterocycles. The highest BCUT2D eigenvalue weighted by molar-refractivity contribution is 6.04. The number of amides is 2. The second-order valence-electron chi connectivity index (χ2n) is 6.93. The van der Waals surface area contributed by atoms with Crippen molar-refractivity contribution in [3.8, 4) is 0 Å². The van der Waals surface area contributed by atoms with E-state index in [0.29, 0.717) is 17.2 Å². The van der Waals surface area contributed by atoms with E-state index in [0.717, 1.165) is 4.90 Å². The molecular formula is C19H19F2N5O2. The molecule has 0 aliphatic carbocycles. The van der Waals surface area contributed by atoms with Gasteiger partial charge >= 0.3 is 0 Å². The van der Waals surface area contributed by atoms with Crippen LogP contribution in [0.5, 0.6) is 0 Å². The molecule has 146 valence electrons. The summed E-state index contributed by atoms with van der Waals surface area (Å²) in [7, 11) is 0. The van der Waals surface area contributed by atoms with Crippen LogP contribution in [0.25, 0.3) is 0 Å². The van der Waals surface area contributed by atoms with Gasteiger partial charge in [-0.15, -0.1) is 0 Å². The summed E-state index contributed by atoms with van der Waals surface area (Å²) in [5.74, 6) is -3.10. The quantitative estimate of drug-likeness (QED) is 0.875. The van der Waals surface area contributed by atoms with E-state index in [2.05, 4.69) is 15.3 Å². The number of nitrogens with zero attached hydrogens (tertiary/aromatic N) is 4. The lowest BCUT2D eigenvalue weighted by molar-refractivity contribution is -0.117. The van der Waals surface area contributed by atoms with E-state index in [9.17, 15) is 18.4 Å². The molecule has 4 rings (SSSR count). The average Bonchev–Trinajstić information content (AvgIpc) is 2.69. The first-order valence-electron chi connectivity index (χ1n) is 9.04. The Balaban J connectivity index is 1.62. The molecule has 0 bridgehead atoms. The number of carbonyl (C=O) groups is 2. The molecule has 28 heavy (non-hydrogen) atoms. The van der Waals surface area contributed by atoms with Crippen molar-refractivity contribution in [1.82, 2.24) is 14.9 Å². The fourth-order valence-corrected chi connectivity index (χ4v) is 3.45. The number of hydrogen-bond donors (Lipinski definition) is 1. The van der Waals surface area contributed by atoms with Crippen molar-refractivity contribution < 1.29 is 18.4 Å². The normalized spacial score (nSPS) is 18.4. The molecule has 9 heteroatoms. The summed E-state index contributed by atoms with van der Waals surface area (Å²) in [6.07, 6.45) is 3.03. The standard InChI is InChI=1S/C19H19F2N5O2/c20-19(21)5-3-7-25(12-19)18(28)13-8-15-17(23-9-13)24-10-16(27)26(15)11-14-4-1-2-6-22-14/h1-2,4,6,8-9H,3,5,7,10-12H2,(H,23,24). The molecule has 2 aliphatic rings. The summed E-state index contributed by atoms with van der Waals surface area (Å²) in [4.78, 5) is 36.3. The summed E-state index contributed by atoms with van der Waals surface area (Å²) >= 11 is 0. The summed E-state index contributed by atoms with van der Waals surface area (Å²) in [6.45, 7) is -0.00791. The number of pyridine rings is 2. The number of anilines is 2. The van der Waals surface area contributed by atoms with E-state index in [1.165, 1.54) is 17.2 Å². The number of piperidine rings is 1. The van der Waals surface area contributed by atoms with E-state index in [-0.39, 0.29) is 43.9 Å². The lowest BCUT2D eigenvalue weighted by Crippen LogP contribution is -2.46. The van der Waals surface area contributed by atoms with Crippen molar-refractivity contribution in [2.45, 2.75) is 25.3 Å². The van der Waals surface area contributed by atoms with Crippen LogP contribution in [0.4, 0.5) is 20.3 Å². The number of halogens is 2. The molecule has 0 atom stereocenters. The molecule has 0 spiro atoms. The van der Waals surface area contributed by atoms with Crippen molar-refractivity contribution in [2.75, 3.05) is 29.9 Å². The Labute approximate surface area is 160 Å². The van der Waals surface area contributed by atoms with Gasteiger partial charge in [-0.25, -0.2) is 13.8 Å². The van der Waals surface area contributed by atoms with Gasteiger partial charge in [-0.05, 0) is 24.6 Å². The summed E-state index contributed by atoms with van der Waals surface area (Å²) < 4.78 is 27.4. The molecule has 1 fully saturated rings. The van der Waals surface area contributed by atoms with Crippen molar-refractivity contribution in [3.63, 3.8) is 0 Å². The highest BCUT2D eigenvalue weighted by Gasteiger charge is 2.37. The van der Waals surface area contributed by atoms with Crippen LogP contribution in [0, 0.1) is 0 Å². The lowest BCUT2D eigenvalue weighted by atomic mass is 10.1. The number of alkyl halides is 2. The highest BCUT2D eigenvalue weighted by atomic mass is 19.3. The van der Waals surface area contributed by atoms with Gasteiger partial charge in [0.15, 0.2) is 5.82 Å². The van der Waals surface area contributed by atoms with Crippen molar-refractivity contribution in [3.05, 3.63) is 47.9 Å². The van der Waals surface area contributed by atoms with Crippen LogP contribution in [0.2, 0.25) is 0 Å². The zero-order valence-corrected chi connectivity index (χ0v) is 15.1. The Kier molecular flexibility index (Phi) is 4.66. The van der Waals surface area contributed by atoms with E-state index < -0.39 is 18.4 Å². The Morgan fingerprint density at radius 1 is 1.29 bits per heavy atom. The van der Waals surface area contributed by atoms with Crippen LogP contribution >= 0.6 is 0 Å². The van der Waals surface area contributed by atoms with Crippen LogP contribution < -0.4 is 10.2 Å². The first kappa shape index (κ1) is 18.3. The van der Waals surface area contributed by atoms with Gasteiger partial charge in [0.25, 0.3) is 11.8 Å². The van der Waals surface area contributed by atoms with Crippen LogP contribution in [0.3, 0.4) is 0 Å². The van der Waals surface area contributed by atoms with Crippen LogP contribution in [-0.2, 0) is 11.3 Å². The molecule has 1 N–H and O–H groups in total. The van der Waals surface area contributed by atoms with E-state index in [1.807, 2.05) is 6.07 Å². The second-order valence-corrected chi connectivity index (χ2v) is 6.93. The van der Waals surface area contributed by atoms with Gasteiger partial charge in [0.1, 0.15) is 0 Å². The summed E-state index contributed by atoms with van der Waals surface area (Å²) in [5.41, 5.74) is 1.31. The molecule has 4 heterocycles. The monoisotopic (exact) mass is 387 g/mol. The zero-order chi connectivity index (χ0) is 19.7. The number of nitrogens with one attached hydrogen (secondary N) is 1. The largest absolute Gasteiger partial charge is 0.359 e. The van der Waals surface area contributed by atoms with E-state index >= 15 is 0 Å². The van der Waals surface area contributed by atoms with Crippen LogP contribution in [0.1, 0.15) is 28.9 Å². The van der Waals surface area contributed by atoms with Crippen LogP contribution in [0.15, 0.2) is 36.7 Å². The van der Waals surface area contributed by atoms with Crippen molar-refractivity contribution in [2.24, 2.45) is 0 Å². The van der Waals surface area contributed by atoms with E-state index in [1.54, 1.807) is 18.3 Å². The number of fused-ring (bicyclic) bond motifs is 1. The third-order valence-electron chi connectivity index (χ3n) is 4.84. The Hall–Kier alpha value is -3.10. The Morgan fingerprint density at radius 3 is 2.89 bits per heavy atom. The molecule has 0 radical (unpaired) electrons. The van der Waals surface area contributed by atoms with Crippen molar-refractivity contribution >= 4 is 23.3 Å². The lowest BCUT2D eigenvalue weighted by Gasteiger charge is -2.33. The minimum Gasteiger partial charge on any atom is -0.359 e. The van der Waals surface area contributed by atoms with Gasteiger partial charge in [0.2, 0.25) is 5.91 Å². The third-order valence-corrected chi connectivity index (χ3v) is 4.84. The maximum absolute atomic E-state index is 13.7. The summed E-state index contributed by atoms with van der Waals surface area (Å²) in [5, 5.41) is 2.92. The molecular weight excluding hydrogens is 368 g/mol. The Morgan fingerprint density at radius 2 is 2.14 bits per heavy atom. The average molecular weight is 387 g/mol. The summed E-state index contributed by atoms with van der Waals surface area (Å²) in [6, 6.07) is 6.94. The Bertz CT molecular complexity index is 906. The maximum Gasteiger partial charge on any atom is 0.265 e. The first-order chi connectivity index (χ1) is 13.4. The molecule has 0 saturated carbocycles. The van der Waals surface area contributed by atoms with Gasteiger partial charge < -0.3 is 15.1 Å². The third kappa shape index (κ3) is 3.64. The van der Waals surface area contributed by atoms with Gasteiger partial charge in [0.05, 0.1) is 36.6 Å². The number of likely N-dealkylation sites (tertiary alicyclic amines) is 1. The topological polar surface area (TPSA) is 78.4 Å². The van der Waals surface area contributed by atoms with Gasteiger partial charge in [-0.1, -0.05) is 6.07 Å². The number of carbonyl (C=O) groups excluding carboxylic acids is 2. The predicted molar refractivity (Wildman–Crippen MR) is 98.2 cm³/mol. The van der Waals surface area contributed by atoms with Crippen LogP contribution in [-0.4, -0.2) is 52.2 Å². The smallest absolute Gasteiger partial charge is 0.265 e. The number of aromatic nitrogens is 2. The predicted octanol–water partition coefficient (Wildman–Crippen LogP) is 2.31. The SMILES string of the molecule is O=C(c1cnc2c(c1)N(Cc1ccccn1)C(=O)CN2)N1CCCC(F)(F)C1. The molecule has 2 aliphatic heterocycles. The number of rotatable bonds is 3. The maximum atomic E-state index is 13.7. The van der Waals surface area contributed by atoms with Gasteiger partial charge in [0, 0.05) is 25.4 Å². The fraction of sp³-hybridized carbons (Fsp3) is 0.368. The van der Waals surface area contributed by atoms with E-state index in [4.69, 9.17) is 0 Å². The fourth-order valence-electron chi connectivity index (χ4n) is 3.45. The van der Waals surface area contributed by atoms with Gasteiger partial charge in [-0.3, -0.25) is 14.6 Å². The first-order valence-corrected chi connectivity index (χ1v) is 9.04. The molecule has 2 amide bonds. The zero-order valence-electron chi connectivity index (χ0n) is 15.1. The second kappa shape index (κ2) is 7.14. The molecule has 7 nitrogen and oxygen atoms in total. The molecule has 2 aromatic rings.